The lowest BCUT2D eigenvalue weighted by atomic mass is 10.2. The van der Waals surface area contributed by atoms with E-state index in [0.29, 0.717) is 5.03 Å². The van der Waals surface area contributed by atoms with Crippen molar-refractivity contribution in [2.45, 2.75) is 20.3 Å². The van der Waals surface area contributed by atoms with Gasteiger partial charge in [-0.3, -0.25) is 4.79 Å². The van der Waals surface area contributed by atoms with E-state index >= 15 is 0 Å². The largest absolute Gasteiger partial charge is 0.281 e. The summed E-state index contributed by atoms with van der Waals surface area (Å²) in [4.78, 5) is 10.4. The summed E-state index contributed by atoms with van der Waals surface area (Å²) in [7, 11) is 0. The summed E-state index contributed by atoms with van der Waals surface area (Å²) < 4.78 is 0. The third-order valence-electron chi connectivity index (χ3n) is 1.02. The van der Waals surface area contributed by atoms with Crippen LogP contribution in [0.5, 0.6) is 0 Å². The Morgan fingerprint density at radius 2 is 1.82 bits per heavy atom. The highest BCUT2D eigenvalue weighted by Crippen LogP contribution is 2.05. The highest BCUT2D eigenvalue weighted by atomic mass is 35.5. The van der Waals surface area contributed by atoms with Crippen LogP contribution < -0.4 is 0 Å². The van der Waals surface area contributed by atoms with Crippen LogP contribution in [0.1, 0.15) is 20.3 Å². The number of hydrogen-bond donors (Lipinski definition) is 0. The van der Waals surface area contributed by atoms with Gasteiger partial charge in [-0.1, -0.05) is 23.3 Å². The zero-order valence-electron chi connectivity index (χ0n) is 6.53. The third-order valence-corrected chi connectivity index (χ3v) is 1.27. The first-order valence-corrected chi connectivity index (χ1v) is 3.96. The predicted molar refractivity (Wildman–Crippen MR) is 48.8 cm³/mol. The average Bonchev–Trinajstić information content (AvgIpc) is 1.82. The van der Waals surface area contributed by atoms with Crippen LogP contribution in [-0.4, -0.2) is 5.24 Å². The number of rotatable bonds is 3. The molecule has 0 rings (SSSR count). The minimum atomic E-state index is -0.348. The van der Waals surface area contributed by atoms with Gasteiger partial charge in [-0.2, -0.15) is 0 Å². The maximum atomic E-state index is 10.4. The summed E-state index contributed by atoms with van der Waals surface area (Å²) in [6, 6.07) is 0. The molecule has 62 valence electrons. The second kappa shape index (κ2) is 5.39. The maximum Gasteiger partial charge on any atom is 0.225 e. The van der Waals surface area contributed by atoms with Gasteiger partial charge in [0.2, 0.25) is 5.24 Å². The zero-order chi connectivity index (χ0) is 8.85. The fourth-order valence-corrected chi connectivity index (χ4v) is 0.809. The van der Waals surface area contributed by atoms with Gasteiger partial charge in [0.25, 0.3) is 0 Å². The molecular formula is C8H10Cl2O. The van der Waals surface area contributed by atoms with Gasteiger partial charge < -0.3 is 0 Å². The fourth-order valence-electron chi connectivity index (χ4n) is 0.535. The van der Waals surface area contributed by atoms with Crippen molar-refractivity contribution in [3.63, 3.8) is 0 Å². The lowest BCUT2D eigenvalue weighted by Crippen LogP contribution is -1.85. The Balaban J connectivity index is 4.02. The van der Waals surface area contributed by atoms with Gasteiger partial charge >= 0.3 is 0 Å². The lowest BCUT2D eigenvalue weighted by molar-refractivity contribution is -0.111. The second-order valence-corrected chi connectivity index (χ2v) is 3.32. The molecule has 0 aromatic carbocycles. The molecule has 0 aromatic rings. The van der Waals surface area contributed by atoms with Gasteiger partial charge in [-0.15, -0.1) is 0 Å². The summed E-state index contributed by atoms with van der Waals surface area (Å²) in [5.74, 6) is 0. The molecule has 0 atom stereocenters. The quantitative estimate of drug-likeness (QED) is 0.496. The van der Waals surface area contributed by atoms with Gasteiger partial charge in [0.05, 0.1) is 0 Å². The molecule has 3 heteroatoms. The fraction of sp³-hybridized carbons (Fsp3) is 0.375. The maximum absolute atomic E-state index is 10.4. The van der Waals surface area contributed by atoms with E-state index in [1.54, 1.807) is 19.1 Å². The smallest absolute Gasteiger partial charge is 0.225 e. The summed E-state index contributed by atoms with van der Waals surface area (Å²) in [5.41, 5.74) is 0.907. The van der Waals surface area contributed by atoms with Crippen molar-refractivity contribution in [1.82, 2.24) is 0 Å². The summed E-state index contributed by atoms with van der Waals surface area (Å²) >= 11 is 10.7. The van der Waals surface area contributed by atoms with Crippen molar-refractivity contribution < 1.29 is 4.79 Å². The first-order chi connectivity index (χ1) is 5.02. The Kier molecular flexibility index (Phi) is 5.26. The van der Waals surface area contributed by atoms with Gasteiger partial charge in [0.15, 0.2) is 0 Å². The highest BCUT2D eigenvalue weighted by Gasteiger charge is 1.95. The molecule has 0 aromatic heterocycles. The Morgan fingerprint density at radius 3 is 2.18 bits per heavy atom. The van der Waals surface area contributed by atoms with Crippen molar-refractivity contribution in [2.24, 2.45) is 0 Å². The Bertz CT molecular complexity index is 200. The summed E-state index contributed by atoms with van der Waals surface area (Å²) in [6.45, 7) is 3.60. The topological polar surface area (TPSA) is 17.1 Å². The van der Waals surface area contributed by atoms with E-state index in [1.165, 1.54) is 0 Å². The summed E-state index contributed by atoms with van der Waals surface area (Å²) in [6.07, 6.45) is 3.79. The van der Waals surface area contributed by atoms with Crippen LogP contribution in [0, 0.1) is 0 Å². The standard InChI is InChI=1S/C8H10Cl2O/c1-6(5-8(10)11)3-4-7(2)9/h3-4H,5H2,1-2H3/b6-3+,7-4+. The molecule has 0 aliphatic carbocycles. The number of carbonyl (C=O) groups is 1. The average molecular weight is 193 g/mol. The first-order valence-electron chi connectivity index (χ1n) is 3.20. The molecule has 0 amide bonds. The minimum absolute atomic E-state index is 0.280. The van der Waals surface area contributed by atoms with Gasteiger partial charge in [-0.25, -0.2) is 0 Å². The van der Waals surface area contributed by atoms with Crippen LogP contribution in [0.15, 0.2) is 22.8 Å². The molecule has 11 heavy (non-hydrogen) atoms. The van der Waals surface area contributed by atoms with Crippen LogP contribution in [0.4, 0.5) is 0 Å². The summed E-state index contributed by atoms with van der Waals surface area (Å²) in [5, 5.41) is 0.339. The van der Waals surface area contributed by atoms with E-state index in [2.05, 4.69) is 0 Å². The van der Waals surface area contributed by atoms with Crippen molar-refractivity contribution in [3.05, 3.63) is 22.8 Å². The van der Waals surface area contributed by atoms with Crippen LogP contribution >= 0.6 is 23.2 Å². The zero-order valence-corrected chi connectivity index (χ0v) is 8.04. The van der Waals surface area contributed by atoms with E-state index in [-0.39, 0.29) is 11.7 Å². The number of allylic oxidation sites excluding steroid dienone is 4. The molecule has 1 nitrogen and oxygen atoms in total. The van der Waals surface area contributed by atoms with Crippen molar-refractivity contribution in [3.8, 4) is 0 Å². The lowest BCUT2D eigenvalue weighted by Gasteiger charge is -1.91. The second-order valence-electron chi connectivity index (χ2n) is 2.30. The Hall–Kier alpha value is -0.270. The molecule has 0 saturated heterocycles. The molecular weight excluding hydrogens is 183 g/mol. The normalized spacial score (nSPS) is 13.5. The van der Waals surface area contributed by atoms with Gasteiger partial charge in [0, 0.05) is 11.5 Å². The molecule has 0 N–H and O–H groups in total. The molecule has 0 fully saturated rings. The van der Waals surface area contributed by atoms with E-state index < -0.39 is 0 Å². The monoisotopic (exact) mass is 192 g/mol. The van der Waals surface area contributed by atoms with Gasteiger partial charge in [0.1, 0.15) is 0 Å². The molecule has 0 aliphatic rings. The highest BCUT2D eigenvalue weighted by molar-refractivity contribution is 6.63. The number of carbonyl (C=O) groups excluding carboxylic acids is 1. The van der Waals surface area contributed by atoms with E-state index in [1.807, 2.05) is 6.92 Å². The Morgan fingerprint density at radius 1 is 1.27 bits per heavy atom. The van der Waals surface area contributed by atoms with Crippen LogP contribution in [0.25, 0.3) is 0 Å². The third kappa shape index (κ3) is 7.63. The number of halogens is 2. The predicted octanol–water partition coefficient (Wildman–Crippen LogP) is 3.23. The molecule has 0 radical (unpaired) electrons. The molecule has 0 bridgehead atoms. The van der Waals surface area contributed by atoms with Crippen molar-refractivity contribution in [1.29, 1.82) is 0 Å². The van der Waals surface area contributed by atoms with Crippen LogP contribution in [-0.2, 0) is 4.79 Å². The van der Waals surface area contributed by atoms with Crippen molar-refractivity contribution >= 4 is 28.4 Å². The molecule has 0 heterocycles. The van der Waals surface area contributed by atoms with Gasteiger partial charge in [-0.05, 0) is 31.5 Å². The first kappa shape index (κ1) is 10.7. The van der Waals surface area contributed by atoms with E-state index in [0.717, 1.165) is 5.57 Å². The van der Waals surface area contributed by atoms with Crippen molar-refractivity contribution in [2.75, 3.05) is 0 Å². The molecule has 0 aliphatic heterocycles. The van der Waals surface area contributed by atoms with Crippen LogP contribution in [0.3, 0.4) is 0 Å². The minimum Gasteiger partial charge on any atom is -0.281 e. The SMILES string of the molecule is C/C(Cl)=C\C=C(/C)CC(=O)Cl. The number of hydrogen-bond acceptors (Lipinski definition) is 1. The van der Waals surface area contributed by atoms with Crippen LogP contribution in [0.2, 0.25) is 0 Å². The van der Waals surface area contributed by atoms with E-state index in [9.17, 15) is 4.79 Å². The molecule has 0 unspecified atom stereocenters. The Labute approximate surface area is 76.7 Å². The molecule has 0 spiro atoms. The molecule has 0 saturated carbocycles. The van der Waals surface area contributed by atoms with E-state index in [4.69, 9.17) is 23.2 Å².